The van der Waals surface area contributed by atoms with Gasteiger partial charge in [-0.1, -0.05) is 0 Å². The summed E-state index contributed by atoms with van der Waals surface area (Å²) in [6, 6.07) is 0.161. The Hall–Kier alpha value is -2.05. The van der Waals surface area contributed by atoms with E-state index in [2.05, 4.69) is 4.98 Å². The second-order valence-corrected chi connectivity index (χ2v) is 6.86. The van der Waals surface area contributed by atoms with Gasteiger partial charge in [0.2, 0.25) is 0 Å². The van der Waals surface area contributed by atoms with Gasteiger partial charge in [0.25, 0.3) is 0 Å². The first kappa shape index (κ1) is 14.9. The molecule has 1 saturated heterocycles. The maximum Gasteiger partial charge on any atom is 0.410 e. The van der Waals surface area contributed by atoms with E-state index in [9.17, 15) is 9.59 Å². The molecule has 0 saturated carbocycles. The van der Waals surface area contributed by atoms with Gasteiger partial charge in [0.15, 0.2) is 0 Å². The third-order valence-electron chi connectivity index (χ3n) is 4.06. The van der Waals surface area contributed by atoms with Crippen LogP contribution in [0.3, 0.4) is 0 Å². The summed E-state index contributed by atoms with van der Waals surface area (Å²) in [6.07, 6.45) is 4.59. The van der Waals surface area contributed by atoms with Crippen LogP contribution in [-0.2, 0) is 11.3 Å². The summed E-state index contributed by atoms with van der Waals surface area (Å²) < 4.78 is 6.99. The van der Waals surface area contributed by atoms with E-state index < -0.39 is 5.60 Å². The van der Waals surface area contributed by atoms with Crippen molar-refractivity contribution in [1.82, 2.24) is 19.4 Å². The first-order chi connectivity index (χ1) is 10.3. The molecule has 7 heteroatoms. The molecule has 1 fully saturated rings. The molecule has 1 aromatic heterocycles. The number of amides is 2. The van der Waals surface area contributed by atoms with E-state index in [1.54, 1.807) is 22.0 Å². The van der Waals surface area contributed by atoms with Crippen LogP contribution in [-0.4, -0.2) is 56.2 Å². The number of likely N-dealkylation sites (tertiary alicyclic amines) is 1. The Labute approximate surface area is 129 Å². The van der Waals surface area contributed by atoms with Crippen molar-refractivity contribution in [3.05, 3.63) is 18.2 Å². The van der Waals surface area contributed by atoms with E-state index in [-0.39, 0.29) is 18.2 Å². The van der Waals surface area contributed by atoms with Crippen molar-refractivity contribution >= 4 is 12.1 Å². The molecule has 2 aliphatic rings. The minimum absolute atomic E-state index is 0.0109. The molecule has 0 spiro atoms. The molecule has 2 aliphatic heterocycles. The highest BCUT2D eigenvalue weighted by Gasteiger charge is 2.36. The monoisotopic (exact) mass is 306 g/mol. The Morgan fingerprint density at radius 2 is 2.00 bits per heavy atom. The molecular formula is C15H22N4O3. The van der Waals surface area contributed by atoms with Gasteiger partial charge < -0.3 is 14.5 Å². The van der Waals surface area contributed by atoms with Gasteiger partial charge in [-0.25, -0.2) is 14.6 Å². The highest BCUT2D eigenvalue weighted by molar-refractivity contribution is 5.80. The number of hydrogen-bond acceptors (Lipinski definition) is 4. The second kappa shape index (κ2) is 5.30. The zero-order chi connectivity index (χ0) is 15.9. The molecule has 22 heavy (non-hydrogen) atoms. The summed E-state index contributed by atoms with van der Waals surface area (Å²) in [5.41, 5.74) is 0.453. The van der Waals surface area contributed by atoms with Gasteiger partial charge in [0.05, 0.1) is 18.4 Å². The van der Waals surface area contributed by atoms with Crippen LogP contribution >= 0.6 is 0 Å². The number of rotatable bonds is 1. The van der Waals surface area contributed by atoms with E-state index in [0.29, 0.717) is 19.6 Å². The number of carbonyl (C=O) groups excluding carboxylic acids is 2. The number of imidazole rings is 1. The fourth-order valence-electron chi connectivity index (χ4n) is 2.96. The molecule has 0 atom stereocenters. The van der Waals surface area contributed by atoms with Gasteiger partial charge in [-0.15, -0.1) is 0 Å². The minimum Gasteiger partial charge on any atom is -0.444 e. The van der Waals surface area contributed by atoms with Crippen LogP contribution in [0.5, 0.6) is 0 Å². The van der Waals surface area contributed by atoms with Crippen molar-refractivity contribution in [2.24, 2.45) is 0 Å². The third-order valence-corrected chi connectivity index (χ3v) is 4.06. The number of aromatic nitrogens is 2. The number of ether oxygens (including phenoxy) is 1. The lowest BCUT2D eigenvalue weighted by molar-refractivity contribution is 0.0166. The first-order valence-corrected chi connectivity index (χ1v) is 7.65. The Bertz CT molecular complexity index is 582. The SMILES string of the molecule is CC(C)(C)OC(=O)N1CCC(N2Cc3cncn3C2=O)CC1. The summed E-state index contributed by atoms with van der Waals surface area (Å²) in [7, 11) is 0. The third kappa shape index (κ3) is 2.80. The number of fused-ring (bicyclic) bond motifs is 1. The minimum atomic E-state index is -0.477. The Balaban J connectivity index is 1.56. The topological polar surface area (TPSA) is 67.7 Å². The van der Waals surface area contributed by atoms with Crippen LogP contribution in [0.2, 0.25) is 0 Å². The Morgan fingerprint density at radius 1 is 1.32 bits per heavy atom. The zero-order valence-corrected chi connectivity index (χ0v) is 13.3. The Kier molecular flexibility index (Phi) is 3.58. The molecule has 7 nitrogen and oxygen atoms in total. The van der Waals surface area contributed by atoms with Gasteiger partial charge in [0, 0.05) is 19.1 Å². The van der Waals surface area contributed by atoms with Crippen molar-refractivity contribution in [2.75, 3.05) is 13.1 Å². The van der Waals surface area contributed by atoms with Gasteiger partial charge in [0.1, 0.15) is 11.9 Å². The van der Waals surface area contributed by atoms with Crippen molar-refractivity contribution in [2.45, 2.75) is 51.8 Å². The van der Waals surface area contributed by atoms with Crippen LogP contribution in [0.15, 0.2) is 12.5 Å². The number of carbonyl (C=O) groups is 2. The molecule has 0 aromatic carbocycles. The van der Waals surface area contributed by atoms with Crippen molar-refractivity contribution in [1.29, 1.82) is 0 Å². The maximum atomic E-state index is 12.3. The lowest BCUT2D eigenvalue weighted by Gasteiger charge is -2.36. The summed E-state index contributed by atoms with van der Waals surface area (Å²) >= 11 is 0. The maximum absolute atomic E-state index is 12.3. The Morgan fingerprint density at radius 3 is 2.59 bits per heavy atom. The van der Waals surface area contributed by atoms with Crippen LogP contribution in [0.1, 0.15) is 39.3 Å². The fraction of sp³-hybridized carbons (Fsp3) is 0.667. The van der Waals surface area contributed by atoms with Crippen molar-refractivity contribution < 1.29 is 14.3 Å². The summed E-state index contributed by atoms with van der Waals surface area (Å²) in [4.78, 5) is 32.0. The number of nitrogens with zero attached hydrogens (tertiary/aromatic N) is 4. The largest absolute Gasteiger partial charge is 0.444 e. The normalized spacial score (nSPS) is 19.5. The van der Waals surface area contributed by atoms with Crippen LogP contribution in [0, 0.1) is 0 Å². The van der Waals surface area contributed by atoms with Crippen molar-refractivity contribution in [3.63, 3.8) is 0 Å². The molecule has 0 radical (unpaired) electrons. The average molecular weight is 306 g/mol. The van der Waals surface area contributed by atoms with E-state index in [0.717, 1.165) is 18.5 Å². The van der Waals surface area contributed by atoms with E-state index in [1.165, 1.54) is 0 Å². The van der Waals surface area contributed by atoms with E-state index >= 15 is 0 Å². The highest BCUT2D eigenvalue weighted by atomic mass is 16.6. The smallest absolute Gasteiger partial charge is 0.410 e. The van der Waals surface area contributed by atoms with Gasteiger partial charge in [-0.2, -0.15) is 0 Å². The first-order valence-electron chi connectivity index (χ1n) is 7.65. The molecular weight excluding hydrogens is 284 g/mol. The molecule has 3 rings (SSSR count). The molecule has 3 heterocycles. The van der Waals surface area contributed by atoms with E-state index in [4.69, 9.17) is 4.74 Å². The number of piperidine rings is 1. The fourth-order valence-corrected chi connectivity index (χ4v) is 2.96. The molecule has 2 amide bonds. The zero-order valence-electron chi connectivity index (χ0n) is 13.3. The van der Waals surface area contributed by atoms with Crippen LogP contribution < -0.4 is 0 Å². The van der Waals surface area contributed by atoms with Gasteiger partial charge in [-0.3, -0.25) is 4.57 Å². The average Bonchev–Trinajstić information content (AvgIpc) is 3.01. The highest BCUT2D eigenvalue weighted by Crippen LogP contribution is 2.25. The quantitative estimate of drug-likeness (QED) is 0.796. The standard InChI is InChI=1S/C15H22N4O3/c1-15(2,3)22-14(21)17-6-4-11(5-7-17)18-9-12-8-16-10-19(12)13(18)20/h8,10-11H,4-7,9H2,1-3H3. The van der Waals surface area contributed by atoms with Crippen LogP contribution in [0.4, 0.5) is 9.59 Å². The molecule has 120 valence electrons. The predicted octanol–water partition coefficient (Wildman–Crippen LogP) is 2.07. The lowest BCUT2D eigenvalue weighted by atomic mass is 10.0. The van der Waals surface area contributed by atoms with Crippen LogP contribution in [0.25, 0.3) is 0 Å². The summed E-state index contributed by atoms with van der Waals surface area (Å²) in [5.74, 6) is 0. The number of hydrogen-bond donors (Lipinski definition) is 0. The second-order valence-electron chi connectivity index (χ2n) is 6.86. The summed E-state index contributed by atoms with van der Waals surface area (Å²) in [5, 5.41) is 0. The van der Waals surface area contributed by atoms with Gasteiger partial charge >= 0.3 is 12.1 Å². The van der Waals surface area contributed by atoms with E-state index in [1.807, 2.05) is 25.7 Å². The molecule has 0 unspecified atom stereocenters. The molecule has 0 aliphatic carbocycles. The molecule has 1 aromatic rings. The van der Waals surface area contributed by atoms with Crippen molar-refractivity contribution in [3.8, 4) is 0 Å². The molecule has 0 N–H and O–H groups in total. The lowest BCUT2D eigenvalue weighted by Crippen LogP contribution is -2.48. The summed E-state index contributed by atoms with van der Waals surface area (Å²) in [6.45, 7) is 7.44. The predicted molar refractivity (Wildman–Crippen MR) is 79.4 cm³/mol. The van der Waals surface area contributed by atoms with Gasteiger partial charge in [-0.05, 0) is 33.6 Å². The molecule has 0 bridgehead atoms.